The normalized spacial score (nSPS) is 12.7. The number of aryl methyl sites for hydroxylation is 1. The van der Waals surface area contributed by atoms with Crippen molar-refractivity contribution in [1.82, 2.24) is 15.6 Å². The van der Waals surface area contributed by atoms with Gasteiger partial charge in [0, 0.05) is 22.7 Å². The first kappa shape index (κ1) is 30.4. The number of rotatable bonds is 8. The van der Waals surface area contributed by atoms with Gasteiger partial charge in [-0.15, -0.1) is 0 Å². The van der Waals surface area contributed by atoms with Gasteiger partial charge in [-0.3, -0.25) is 4.79 Å². The summed E-state index contributed by atoms with van der Waals surface area (Å²) in [4.78, 5) is 42.5. The smallest absolute Gasteiger partial charge is 0.408 e. The minimum absolute atomic E-state index is 0.00532. The number of phenols is 1. The highest BCUT2D eigenvalue weighted by Gasteiger charge is 2.27. The Morgan fingerprint density at radius 2 is 1.73 bits per heavy atom. The number of ether oxygens (including phenoxy) is 2. The molecule has 2 amide bonds. The van der Waals surface area contributed by atoms with Crippen molar-refractivity contribution < 1.29 is 33.4 Å². The molecule has 0 aliphatic rings. The number of esters is 1. The summed E-state index contributed by atoms with van der Waals surface area (Å²) in [6.07, 6.45) is -0.812. The third-order valence-corrected chi connectivity index (χ3v) is 5.89. The van der Waals surface area contributed by atoms with E-state index in [1.54, 1.807) is 58.0 Å². The van der Waals surface area contributed by atoms with Crippen LogP contribution in [0.15, 0.2) is 54.6 Å². The molecule has 3 aromatic rings. The number of aromatic hydroxyl groups is 1. The Hall–Kier alpha value is -4.18. The largest absolute Gasteiger partial charge is 0.508 e. The van der Waals surface area contributed by atoms with E-state index in [1.807, 2.05) is 0 Å². The fraction of sp³-hybridized carbons (Fsp3) is 0.310. The number of methoxy groups -OCH3 is 1. The molecule has 212 valence electrons. The van der Waals surface area contributed by atoms with Crippen molar-refractivity contribution in [1.29, 1.82) is 0 Å². The number of carbonyl (C=O) groups is 3. The monoisotopic (exact) mass is 571 g/mol. The summed E-state index contributed by atoms with van der Waals surface area (Å²) in [6.45, 7) is 6.75. The van der Waals surface area contributed by atoms with Gasteiger partial charge in [0.05, 0.1) is 13.2 Å². The van der Waals surface area contributed by atoms with E-state index in [-0.39, 0.29) is 23.4 Å². The molecule has 0 saturated carbocycles. The van der Waals surface area contributed by atoms with Crippen molar-refractivity contribution in [3.8, 4) is 5.75 Å². The fourth-order valence-corrected chi connectivity index (χ4v) is 4.08. The molecule has 0 spiro atoms. The third kappa shape index (κ3) is 8.41. The van der Waals surface area contributed by atoms with Crippen LogP contribution in [0.2, 0.25) is 5.02 Å². The second-order valence-corrected chi connectivity index (χ2v) is 10.5. The van der Waals surface area contributed by atoms with Crippen LogP contribution < -0.4 is 10.6 Å². The first-order valence-corrected chi connectivity index (χ1v) is 12.7. The van der Waals surface area contributed by atoms with Crippen LogP contribution in [-0.4, -0.2) is 46.8 Å². The molecule has 3 rings (SSSR count). The van der Waals surface area contributed by atoms with Gasteiger partial charge in [-0.1, -0.05) is 23.7 Å². The zero-order valence-electron chi connectivity index (χ0n) is 22.7. The summed E-state index contributed by atoms with van der Waals surface area (Å²) in [7, 11) is 1.20. The van der Waals surface area contributed by atoms with E-state index in [4.69, 9.17) is 21.1 Å². The minimum atomic E-state index is -1.09. The molecule has 3 N–H and O–H groups in total. The SMILES string of the molecule is COC(=O)[C@H](Cc1cc(C)nc(C(=O)N[C@H](c2ccc(Cl)cc2)c2cc(F)ccc2O)c1)NC(=O)OC(C)(C)C. The Morgan fingerprint density at radius 3 is 2.35 bits per heavy atom. The second-order valence-electron chi connectivity index (χ2n) is 10.1. The number of halogens is 2. The highest BCUT2D eigenvalue weighted by molar-refractivity contribution is 6.30. The van der Waals surface area contributed by atoms with Crippen molar-refractivity contribution in [3.05, 3.63) is 93.5 Å². The lowest BCUT2D eigenvalue weighted by atomic mass is 9.97. The number of benzene rings is 2. The number of hydrogen-bond donors (Lipinski definition) is 3. The van der Waals surface area contributed by atoms with E-state index in [0.717, 1.165) is 12.1 Å². The van der Waals surface area contributed by atoms with Crippen molar-refractivity contribution >= 4 is 29.6 Å². The second kappa shape index (κ2) is 12.8. The summed E-state index contributed by atoms with van der Waals surface area (Å²) >= 11 is 6.02. The molecule has 1 heterocycles. The molecule has 40 heavy (non-hydrogen) atoms. The fourth-order valence-electron chi connectivity index (χ4n) is 3.95. The van der Waals surface area contributed by atoms with E-state index >= 15 is 0 Å². The molecular weight excluding hydrogens is 541 g/mol. The van der Waals surface area contributed by atoms with Gasteiger partial charge in [0.25, 0.3) is 5.91 Å². The summed E-state index contributed by atoms with van der Waals surface area (Å²) in [5, 5.41) is 16.2. The van der Waals surface area contributed by atoms with Crippen LogP contribution in [0.1, 0.15) is 59.7 Å². The Labute approximate surface area is 236 Å². The van der Waals surface area contributed by atoms with E-state index in [9.17, 15) is 23.9 Å². The van der Waals surface area contributed by atoms with Crippen molar-refractivity contribution in [3.63, 3.8) is 0 Å². The number of pyridine rings is 1. The molecule has 0 saturated heterocycles. The number of aromatic nitrogens is 1. The zero-order valence-corrected chi connectivity index (χ0v) is 23.5. The number of amides is 2. The molecule has 9 nitrogen and oxygen atoms in total. The van der Waals surface area contributed by atoms with E-state index in [2.05, 4.69) is 15.6 Å². The molecular formula is C29H31ClFN3O6. The molecule has 0 radical (unpaired) electrons. The standard InChI is InChI=1S/C29H31ClFN3O6/c1-16-12-17(14-23(27(37)39-5)33-28(38)40-29(2,3)4)13-22(32-16)26(36)34-25(18-6-8-19(30)9-7-18)21-15-20(31)10-11-24(21)35/h6-13,15,23,25,35H,14H2,1-5H3,(H,33,38)(H,34,36)/t23-,25+/m0/s1. The summed E-state index contributed by atoms with van der Waals surface area (Å²) < 4.78 is 24.2. The van der Waals surface area contributed by atoms with E-state index in [0.29, 0.717) is 21.8 Å². The predicted molar refractivity (Wildman–Crippen MR) is 147 cm³/mol. The van der Waals surface area contributed by atoms with Gasteiger partial charge in [0.1, 0.15) is 28.9 Å². The van der Waals surface area contributed by atoms with Crippen LogP contribution in [0.5, 0.6) is 5.75 Å². The van der Waals surface area contributed by atoms with Gasteiger partial charge in [0.15, 0.2) is 0 Å². The van der Waals surface area contributed by atoms with Crippen molar-refractivity contribution in [2.45, 2.75) is 51.8 Å². The highest BCUT2D eigenvalue weighted by Crippen LogP contribution is 2.31. The maximum Gasteiger partial charge on any atom is 0.408 e. The molecule has 0 bridgehead atoms. The summed E-state index contributed by atoms with van der Waals surface area (Å²) in [5.74, 6) is -2.13. The van der Waals surface area contributed by atoms with Gasteiger partial charge in [-0.05, 0) is 81.3 Å². The Bertz CT molecular complexity index is 1390. The Balaban J connectivity index is 1.91. The molecule has 0 aliphatic carbocycles. The Morgan fingerprint density at radius 1 is 1.05 bits per heavy atom. The van der Waals surface area contributed by atoms with Crippen molar-refractivity contribution in [2.24, 2.45) is 0 Å². The van der Waals surface area contributed by atoms with Gasteiger partial charge in [-0.2, -0.15) is 0 Å². The average Bonchev–Trinajstić information content (AvgIpc) is 2.87. The highest BCUT2D eigenvalue weighted by atomic mass is 35.5. The number of nitrogens with zero attached hydrogens (tertiary/aromatic N) is 1. The lowest BCUT2D eigenvalue weighted by Gasteiger charge is -2.23. The molecule has 1 aromatic heterocycles. The number of alkyl carbamates (subject to hydrolysis) is 1. The van der Waals surface area contributed by atoms with Gasteiger partial charge < -0.3 is 25.2 Å². The first-order valence-electron chi connectivity index (χ1n) is 12.4. The van der Waals surface area contributed by atoms with E-state index in [1.165, 1.54) is 19.2 Å². The van der Waals surface area contributed by atoms with Crippen LogP contribution in [0.25, 0.3) is 0 Å². The van der Waals surface area contributed by atoms with Crippen LogP contribution >= 0.6 is 11.6 Å². The summed E-state index contributed by atoms with van der Waals surface area (Å²) in [5.41, 5.74) is 0.890. The van der Waals surface area contributed by atoms with E-state index < -0.39 is 41.5 Å². The van der Waals surface area contributed by atoms with Crippen LogP contribution in [0, 0.1) is 12.7 Å². The van der Waals surface area contributed by atoms with Gasteiger partial charge in [0.2, 0.25) is 0 Å². The summed E-state index contributed by atoms with van der Waals surface area (Å²) in [6, 6.07) is 11.1. The average molecular weight is 572 g/mol. The van der Waals surface area contributed by atoms with Gasteiger partial charge >= 0.3 is 12.1 Å². The van der Waals surface area contributed by atoms with Crippen molar-refractivity contribution in [2.75, 3.05) is 7.11 Å². The lowest BCUT2D eigenvalue weighted by Crippen LogP contribution is -2.45. The Kier molecular flexibility index (Phi) is 9.70. The molecule has 2 aromatic carbocycles. The maximum atomic E-state index is 14.1. The lowest BCUT2D eigenvalue weighted by molar-refractivity contribution is -0.143. The van der Waals surface area contributed by atoms with Crippen LogP contribution in [0.3, 0.4) is 0 Å². The molecule has 0 fully saturated rings. The topological polar surface area (TPSA) is 127 Å². The third-order valence-electron chi connectivity index (χ3n) is 5.64. The molecule has 11 heteroatoms. The van der Waals surface area contributed by atoms with Crippen LogP contribution in [-0.2, 0) is 20.7 Å². The molecule has 0 unspecified atom stereocenters. The number of hydrogen-bond acceptors (Lipinski definition) is 7. The zero-order chi connectivity index (χ0) is 29.6. The number of nitrogens with one attached hydrogen (secondary N) is 2. The quantitative estimate of drug-likeness (QED) is 0.324. The predicted octanol–water partition coefficient (Wildman–Crippen LogP) is 5.02. The minimum Gasteiger partial charge on any atom is -0.508 e. The maximum absolute atomic E-state index is 14.1. The number of phenolic OH excluding ortho intramolecular Hbond substituents is 1. The molecule has 0 aliphatic heterocycles. The number of carbonyl (C=O) groups excluding carboxylic acids is 3. The first-order chi connectivity index (χ1) is 18.8. The van der Waals surface area contributed by atoms with Gasteiger partial charge in [-0.25, -0.2) is 19.0 Å². The van der Waals surface area contributed by atoms with Crippen LogP contribution in [0.4, 0.5) is 9.18 Å². The molecule has 2 atom stereocenters.